The number of ether oxygens (including phenoxy) is 3. The summed E-state index contributed by atoms with van der Waals surface area (Å²) in [6, 6.07) is 11.9. The Bertz CT molecular complexity index is 1580. The highest BCUT2D eigenvalue weighted by atomic mass is 35.5. The zero-order chi connectivity index (χ0) is 29.1. The van der Waals surface area contributed by atoms with Crippen molar-refractivity contribution in [1.82, 2.24) is 14.8 Å². The van der Waals surface area contributed by atoms with Crippen LogP contribution in [0, 0.1) is 5.82 Å². The van der Waals surface area contributed by atoms with Crippen LogP contribution in [0.1, 0.15) is 67.7 Å². The van der Waals surface area contributed by atoms with Crippen molar-refractivity contribution >= 4 is 40.1 Å². The molecule has 0 bridgehead atoms. The molecule has 11 heteroatoms. The summed E-state index contributed by atoms with van der Waals surface area (Å²) >= 11 is 6.43. The minimum absolute atomic E-state index is 0.0543. The molecule has 1 saturated heterocycles. The molecule has 1 amide bonds. The number of amides is 1. The molecule has 9 nitrogen and oxygen atoms in total. The van der Waals surface area contributed by atoms with Crippen LogP contribution < -0.4 is 10.1 Å². The summed E-state index contributed by atoms with van der Waals surface area (Å²) in [6.45, 7) is 5.79. The number of hydrogen-bond donors (Lipinski definition) is 1. The minimum atomic E-state index is -0.832. The number of carbonyl (C=O) groups excluding carboxylic acids is 2. The third-order valence-corrected chi connectivity index (χ3v) is 6.76. The van der Waals surface area contributed by atoms with Gasteiger partial charge in [0.2, 0.25) is 0 Å². The van der Waals surface area contributed by atoms with Gasteiger partial charge in [0, 0.05) is 17.6 Å². The number of hydrogen-bond acceptors (Lipinski definition) is 7. The van der Waals surface area contributed by atoms with Gasteiger partial charge in [-0.15, -0.1) is 0 Å². The average Bonchev–Trinajstić information content (AvgIpc) is 3.39. The SMILES string of the molecule is CC(C)(C)OC(=O)Nc1c(Cl)ncc(OCc2ccccc2)c1C(=O)c1ccc(F)c2c1cnn2C1CCCCO1. The normalized spacial score (nSPS) is 15.5. The first-order valence-corrected chi connectivity index (χ1v) is 13.7. The quantitative estimate of drug-likeness (QED) is 0.184. The molecule has 2 aromatic heterocycles. The fourth-order valence-electron chi connectivity index (χ4n) is 4.65. The summed E-state index contributed by atoms with van der Waals surface area (Å²) in [4.78, 5) is 31.2. The molecule has 1 atom stereocenters. The van der Waals surface area contributed by atoms with Crippen LogP contribution in [0.3, 0.4) is 0 Å². The fraction of sp³-hybridized carbons (Fsp3) is 0.333. The van der Waals surface area contributed by atoms with E-state index in [0.717, 1.165) is 18.4 Å². The van der Waals surface area contributed by atoms with Gasteiger partial charge in [-0.1, -0.05) is 41.9 Å². The maximum Gasteiger partial charge on any atom is 0.412 e. The highest BCUT2D eigenvalue weighted by Crippen LogP contribution is 2.37. The van der Waals surface area contributed by atoms with Crippen molar-refractivity contribution in [3.8, 4) is 5.75 Å². The van der Waals surface area contributed by atoms with E-state index in [0.29, 0.717) is 13.0 Å². The topological polar surface area (TPSA) is 105 Å². The third kappa shape index (κ3) is 6.34. The number of nitrogens with one attached hydrogen (secondary N) is 1. The molecule has 1 aliphatic heterocycles. The number of benzene rings is 2. The number of rotatable bonds is 7. The second kappa shape index (κ2) is 11.8. The van der Waals surface area contributed by atoms with Gasteiger partial charge in [0.25, 0.3) is 0 Å². The lowest BCUT2D eigenvalue weighted by Crippen LogP contribution is -2.28. The Morgan fingerprint density at radius 1 is 1.15 bits per heavy atom. The van der Waals surface area contributed by atoms with Crippen molar-refractivity contribution in [3.63, 3.8) is 0 Å². The summed E-state index contributed by atoms with van der Waals surface area (Å²) in [5.41, 5.74) is 0.187. The van der Waals surface area contributed by atoms with Crippen molar-refractivity contribution in [2.45, 2.75) is 58.5 Å². The van der Waals surface area contributed by atoms with Gasteiger partial charge in [-0.2, -0.15) is 5.10 Å². The molecule has 3 heterocycles. The summed E-state index contributed by atoms with van der Waals surface area (Å²) in [7, 11) is 0. The average molecular weight is 581 g/mol. The number of anilines is 1. The van der Waals surface area contributed by atoms with Gasteiger partial charge >= 0.3 is 6.09 Å². The van der Waals surface area contributed by atoms with E-state index >= 15 is 4.39 Å². The van der Waals surface area contributed by atoms with Gasteiger partial charge < -0.3 is 14.2 Å². The second-order valence-corrected chi connectivity index (χ2v) is 11.0. The van der Waals surface area contributed by atoms with Gasteiger partial charge in [-0.25, -0.2) is 18.9 Å². The van der Waals surface area contributed by atoms with Crippen molar-refractivity contribution in [1.29, 1.82) is 0 Å². The maximum atomic E-state index is 15.2. The first-order chi connectivity index (χ1) is 19.6. The molecular formula is C30H30ClFN4O5. The van der Waals surface area contributed by atoms with E-state index in [2.05, 4.69) is 15.4 Å². The van der Waals surface area contributed by atoms with Gasteiger partial charge in [0.05, 0.1) is 23.6 Å². The number of nitrogens with zero attached hydrogens (tertiary/aromatic N) is 3. The molecule has 5 rings (SSSR count). The lowest BCUT2D eigenvalue weighted by atomic mass is 9.98. The van der Waals surface area contributed by atoms with Crippen molar-refractivity contribution < 1.29 is 28.2 Å². The Kier molecular flexibility index (Phi) is 8.23. The third-order valence-electron chi connectivity index (χ3n) is 6.47. The Morgan fingerprint density at radius 3 is 2.63 bits per heavy atom. The summed E-state index contributed by atoms with van der Waals surface area (Å²) in [5.74, 6) is -1.03. The molecule has 0 spiro atoms. The number of ketones is 1. The van der Waals surface area contributed by atoms with E-state index in [1.165, 1.54) is 29.2 Å². The molecule has 1 fully saturated rings. The van der Waals surface area contributed by atoms with Gasteiger partial charge in [-0.05, 0) is 57.7 Å². The zero-order valence-electron chi connectivity index (χ0n) is 22.9. The summed E-state index contributed by atoms with van der Waals surface area (Å²) in [6.07, 6.45) is 4.01. The van der Waals surface area contributed by atoms with Crippen molar-refractivity contribution in [2.75, 3.05) is 11.9 Å². The first-order valence-electron chi connectivity index (χ1n) is 13.3. The number of pyridine rings is 1. The molecule has 0 aliphatic carbocycles. The molecule has 0 saturated carbocycles. The maximum absolute atomic E-state index is 15.2. The second-order valence-electron chi connectivity index (χ2n) is 10.7. The molecule has 1 unspecified atom stereocenters. The Morgan fingerprint density at radius 2 is 1.93 bits per heavy atom. The van der Waals surface area contributed by atoms with Crippen LogP contribution in [-0.2, 0) is 16.1 Å². The predicted octanol–water partition coefficient (Wildman–Crippen LogP) is 7.08. The van der Waals surface area contributed by atoms with E-state index in [1.807, 2.05) is 30.3 Å². The van der Waals surface area contributed by atoms with Crippen LogP contribution in [0.4, 0.5) is 14.9 Å². The monoisotopic (exact) mass is 580 g/mol. The highest BCUT2D eigenvalue weighted by molar-refractivity contribution is 6.34. The number of aromatic nitrogens is 3. The van der Waals surface area contributed by atoms with Gasteiger partial charge in [0.1, 0.15) is 23.5 Å². The Hall–Kier alpha value is -4.02. The van der Waals surface area contributed by atoms with E-state index < -0.39 is 29.5 Å². The lowest BCUT2D eigenvalue weighted by molar-refractivity contribution is -0.0369. The van der Waals surface area contributed by atoms with Crippen molar-refractivity contribution in [2.24, 2.45) is 0 Å². The van der Waals surface area contributed by atoms with Crippen LogP contribution in [0.5, 0.6) is 5.75 Å². The highest BCUT2D eigenvalue weighted by Gasteiger charge is 2.29. The summed E-state index contributed by atoms with van der Waals surface area (Å²) < 4.78 is 33.9. The van der Waals surface area contributed by atoms with E-state index in [-0.39, 0.29) is 45.2 Å². The standard InChI is InChI=1S/C30H30ClFN4O5/c1-30(2,3)41-29(38)35-25-24(22(16-33-28(25)31)40-17-18-9-5-4-6-10-18)27(37)19-12-13-21(32)26-20(19)15-34-36(26)23-11-7-8-14-39-23/h4-6,9-10,12-13,15-16,23H,7-8,11,14,17H2,1-3H3,(H,35,38). The van der Waals surface area contributed by atoms with Crippen LogP contribution in [0.25, 0.3) is 10.9 Å². The van der Waals surface area contributed by atoms with E-state index in [9.17, 15) is 9.59 Å². The zero-order valence-corrected chi connectivity index (χ0v) is 23.7. The minimum Gasteiger partial charge on any atom is -0.486 e. The molecule has 0 radical (unpaired) electrons. The lowest BCUT2D eigenvalue weighted by Gasteiger charge is -2.23. The summed E-state index contributed by atoms with van der Waals surface area (Å²) in [5, 5.41) is 7.10. The van der Waals surface area contributed by atoms with E-state index in [4.69, 9.17) is 25.8 Å². The Labute approximate surface area is 241 Å². The molecular weight excluding hydrogens is 551 g/mol. The van der Waals surface area contributed by atoms with Crippen LogP contribution in [0.2, 0.25) is 5.15 Å². The van der Waals surface area contributed by atoms with Crippen LogP contribution in [-0.4, -0.2) is 38.8 Å². The largest absolute Gasteiger partial charge is 0.486 e. The van der Waals surface area contributed by atoms with Crippen LogP contribution in [0.15, 0.2) is 54.9 Å². The fourth-order valence-corrected chi connectivity index (χ4v) is 4.84. The molecule has 214 valence electrons. The van der Waals surface area contributed by atoms with Crippen molar-refractivity contribution in [3.05, 3.63) is 82.5 Å². The van der Waals surface area contributed by atoms with Gasteiger partial charge in [-0.3, -0.25) is 10.1 Å². The number of halogens is 2. The molecule has 2 aromatic carbocycles. The number of fused-ring (bicyclic) bond motifs is 1. The predicted molar refractivity (Wildman–Crippen MR) is 152 cm³/mol. The molecule has 41 heavy (non-hydrogen) atoms. The molecule has 1 N–H and O–H groups in total. The first kappa shape index (κ1) is 28.5. The van der Waals surface area contributed by atoms with E-state index in [1.54, 1.807) is 20.8 Å². The number of carbonyl (C=O) groups is 2. The smallest absolute Gasteiger partial charge is 0.412 e. The van der Waals surface area contributed by atoms with Crippen LogP contribution >= 0.6 is 11.6 Å². The molecule has 4 aromatic rings. The molecule has 1 aliphatic rings. The Balaban J connectivity index is 1.60. The van der Waals surface area contributed by atoms with Gasteiger partial charge in [0.15, 0.2) is 22.9 Å².